The molecule has 0 atom stereocenters. The molecule has 134 valence electrons. The van der Waals surface area contributed by atoms with Gasteiger partial charge in [0.05, 0.1) is 11.3 Å². The van der Waals surface area contributed by atoms with Crippen LogP contribution < -0.4 is 4.74 Å². The number of imidazole rings is 1. The third-order valence-electron chi connectivity index (χ3n) is 3.45. The monoisotopic (exact) mass is 389 g/mol. The SMILES string of the molecule is N#Cc1ncn(-c2ccccc2Oc2ncc(C(F)(F)F)cc2Cl)c1C#N. The van der Waals surface area contributed by atoms with E-state index in [4.69, 9.17) is 21.6 Å². The third-order valence-corrected chi connectivity index (χ3v) is 3.72. The standard InChI is InChI=1S/C17H7ClF3N5O/c18-11-5-10(17(19,20)21)8-24-16(11)27-15-4-2-1-3-13(15)26-9-25-12(6-22)14(26)7-23/h1-5,8-9H. The highest BCUT2D eigenvalue weighted by atomic mass is 35.5. The van der Waals surface area contributed by atoms with Gasteiger partial charge in [-0.1, -0.05) is 23.7 Å². The van der Waals surface area contributed by atoms with Gasteiger partial charge in [-0.2, -0.15) is 23.7 Å². The number of nitrogens with zero attached hydrogens (tertiary/aromatic N) is 5. The molecular weight excluding hydrogens is 383 g/mol. The maximum Gasteiger partial charge on any atom is 0.417 e. The first-order valence-electron chi connectivity index (χ1n) is 7.22. The summed E-state index contributed by atoms with van der Waals surface area (Å²) in [7, 11) is 0. The van der Waals surface area contributed by atoms with Gasteiger partial charge in [-0.15, -0.1) is 0 Å². The molecule has 3 rings (SSSR count). The number of pyridine rings is 1. The van der Waals surface area contributed by atoms with Gasteiger partial charge >= 0.3 is 6.18 Å². The molecule has 0 aliphatic heterocycles. The molecular formula is C17H7ClF3N5O. The van der Waals surface area contributed by atoms with Gasteiger partial charge in [-0.3, -0.25) is 4.57 Å². The predicted molar refractivity (Wildman–Crippen MR) is 87.3 cm³/mol. The molecule has 3 aromatic rings. The zero-order chi connectivity index (χ0) is 19.6. The Morgan fingerprint density at radius 2 is 1.85 bits per heavy atom. The van der Waals surface area contributed by atoms with Crippen LogP contribution in [0.2, 0.25) is 5.02 Å². The van der Waals surface area contributed by atoms with E-state index in [9.17, 15) is 18.4 Å². The molecule has 0 aliphatic rings. The Labute approximate surface area is 155 Å². The van der Waals surface area contributed by atoms with Crippen LogP contribution in [0.1, 0.15) is 17.0 Å². The van der Waals surface area contributed by atoms with Crippen molar-refractivity contribution in [2.45, 2.75) is 6.18 Å². The average Bonchev–Trinajstić information content (AvgIpc) is 3.05. The Kier molecular flexibility index (Phi) is 4.72. The first-order chi connectivity index (χ1) is 12.8. The van der Waals surface area contributed by atoms with Crippen LogP contribution in [0.25, 0.3) is 5.69 Å². The van der Waals surface area contributed by atoms with Gasteiger partial charge in [0.25, 0.3) is 0 Å². The Bertz CT molecular complexity index is 1100. The van der Waals surface area contributed by atoms with Crippen LogP contribution >= 0.6 is 11.6 Å². The van der Waals surface area contributed by atoms with E-state index in [-0.39, 0.29) is 28.0 Å². The number of benzene rings is 1. The molecule has 0 N–H and O–H groups in total. The van der Waals surface area contributed by atoms with Gasteiger partial charge < -0.3 is 4.74 Å². The number of aromatic nitrogens is 3. The van der Waals surface area contributed by atoms with Gasteiger partial charge in [-0.05, 0) is 18.2 Å². The van der Waals surface area contributed by atoms with Crippen LogP contribution in [-0.2, 0) is 6.18 Å². The minimum absolute atomic E-state index is 0.0139. The lowest BCUT2D eigenvalue weighted by atomic mass is 10.2. The van der Waals surface area contributed by atoms with Crippen LogP contribution in [0.5, 0.6) is 11.6 Å². The van der Waals surface area contributed by atoms with Crippen molar-refractivity contribution < 1.29 is 17.9 Å². The molecule has 0 bridgehead atoms. The highest BCUT2D eigenvalue weighted by molar-refractivity contribution is 6.31. The maximum atomic E-state index is 12.7. The lowest BCUT2D eigenvalue weighted by Crippen LogP contribution is -2.06. The first-order valence-corrected chi connectivity index (χ1v) is 7.60. The number of alkyl halides is 3. The molecule has 2 heterocycles. The Morgan fingerprint density at radius 3 is 2.48 bits per heavy atom. The summed E-state index contributed by atoms with van der Waals surface area (Å²) in [5.41, 5.74) is -0.757. The molecule has 6 nitrogen and oxygen atoms in total. The zero-order valence-electron chi connectivity index (χ0n) is 13.2. The number of rotatable bonds is 3. The van der Waals surface area contributed by atoms with Crippen molar-refractivity contribution in [2.24, 2.45) is 0 Å². The van der Waals surface area contributed by atoms with Crippen molar-refractivity contribution in [3.63, 3.8) is 0 Å². The van der Waals surface area contributed by atoms with Crippen molar-refractivity contribution in [3.05, 3.63) is 64.8 Å². The molecule has 0 radical (unpaired) electrons. The molecule has 10 heteroatoms. The van der Waals surface area contributed by atoms with Crippen LogP contribution in [-0.4, -0.2) is 14.5 Å². The fourth-order valence-corrected chi connectivity index (χ4v) is 2.43. The van der Waals surface area contributed by atoms with Crippen molar-refractivity contribution in [1.82, 2.24) is 14.5 Å². The second kappa shape index (κ2) is 6.98. The van der Waals surface area contributed by atoms with E-state index in [1.807, 2.05) is 6.07 Å². The summed E-state index contributed by atoms with van der Waals surface area (Å²) in [5, 5.41) is 18.0. The maximum absolute atomic E-state index is 12.7. The van der Waals surface area contributed by atoms with E-state index in [0.29, 0.717) is 18.0 Å². The molecule has 0 spiro atoms. The number of halogens is 4. The molecule has 2 aromatic heterocycles. The number of para-hydroxylation sites is 2. The fraction of sp³-hybridized carbons (Fsp3) is 0.0588. The predicted octanol–water partition coefficient (Wildman–Crippen LogP) is 4.48. The summed E-state index contributed by atoms with van der Waals surface area (Å²) in [4.78, 5) is 7.47. The molecule has 27 heavy (non-hydrogen) atoms. The van der Waals surface area contributed by atoms with Gasteiger partial charge in [0.1, 0.15) is 23.5 Å². The van der Waals surface area contributed by atoms with Gasteiger partial charge in [0.2, 0.25) is 5.88 Å². The van der Waals surface area contributed by atoms with Gasteiger partial charge in [0, 0.05) is 6.20 Å². The largest absolute Gasteiger partial charge is 0.435 e. The molecule has 0 aliphatic carbocycles. The summed E-state index contributed by atoms with van der Waals surface area (Å²) in [6.07, 6.45) is -2.71. The van der Waals surface area contributed by atoms with Crippen LogP contribution in [0.15, 0.2) is 42.9 Å². The normalized spacial score (nSPS) is 10.9. The van der Waals surface area contributed by atoms with E-state index in [1.165, 1.54) is 17.0 Å². The molecule has 0 fully saturated rings. The molecule has 0 unspecified atom stereocenters. The topological polar surface area (TPSA) is 87.5 Å². The molecule has 0 amide bonds. The number of hydrogen-bond acceptors (Lipinski definition) is 5. The average molecular weight is 390 g/mol. The highest BCUT2D eigenvalue weighted by Crippen LogP contribution is 2.36. The Balaban J connectivity index is 2.03. The number of hydrogen-bond donors (Lipinski definition) is 0. The second-order valence-electron chi connectivity index (χ2n) is 5.11. The van der Waals surface area contributed by atoms with Crippen LogP contribution in [0, 0.1) is 22.7 Å². The van der Waals surface area contributed by atoms with E-state index in [1.54, 1.807) is 24.3 Å². The third kappa shape index (κ3) is 3.54. The number of nitriles is 2. The Morgan fingerprint density at radius 1 is 1.11 bits per heavy atom. The second-order valence-corrected chi connectivity index (χ2v) is 5.52. The first kappa shape index (κ1) is 18.2. The highest BCUT2D eigenvalue weighted by Gasteiger charge is 2.32. The Hall–Kier alpha value is -3.56. The van der Waals surface area contributed by atoms with E-state index in [0.717, 1.165) is 0 Å². The van der Waals surface area contributed by atoms with Gasteiger partial charge in [0.15, 0.2) is 17.1 Å². The molecule has 1 aromatic carbocycles. The summed E-state index contributed by atoms with van der Waals surface area (Å²) in [5.74, 6) is -0.0821. The van der Waals surface area contributed by atoms with E-state index in [2.05, 4.69) is 9.97 Å². The van der Waals surface area contributed by atoms with Crippen molar-refractivity contribution in [3.8, 4) is 29.5 Å². The minimum Gasteiger partial charge on any atom is -0.435 e. The summed E-state index contributed by atoms with van der Waals surface area (Å²) in [6, 6.07) is 10.7. The van der Waals surface area contributed by atoms with E-state index < -0.39 is 11.7 Å². The van der Waals surface area contributed by atoms with Gasteiger partial charge in [-0.25, -0.2) is 9.97 Å². The lowest BCUT2D eigenvalue weighted by molar-refractivity contribution is -0.137. The summed E-state index contributed by atoms with van der Waals surface area (Å²) in [6.45, 7) is 0. The van der Waals surface area contributed by atoms with Crippen molar-refractivity contribution in [1.29, 1.82) is 10.5 Å². The smallest absolute Gasteiger partial charge is 0.417 e. The van der Waals surface area contributed by atoms with E-state index >= 15 is 0 Å². The minimum atomic E-state index is -4.58. The zero-order valence-corrected chi connectivity index (χ0v) is 14.0. The lowest BCUT2D eigenvalue weighted by Gasteiger charge is -2.13. The quantitative estimate of drug-likeness (QED) is 0.659. The van der Waals surface area contributed by atoms with Crippen molar-refractivity contribution in [2.75, 3.05) is 0 Å². The summed E-state index contributed by atoms with van der Waals surface area (Å²) >= 11 is 5.87. The molecule has 0 saturated carbocycles. The summed E-state index contributed by atoms with van der Waals surface area (Å²) < 4.78 is 45.1. The number of ether oxygens (including phenoxy) is 1. The van der Waals surface area contributed by atoms with Crippen molar-refractivity contribution >= 4 is 11.6 Å². The fourth-order valence-electron chi connectivity index (χ4n) is 2.22. The van der Waals surface area contributed by atoms with Crippen LogP contribution in [0.3, 0.4) is 0 Å². The molecule has 0 saturated heterocycles. The van der Waals surface area contributed by atoms with Crippen LogP contribution in [0.4, 0.5) is 13.2 Å².